The van der Waals surface area contributed by atoms with Crippen molar-refractivity contribution in [2.45, 2.75) is 70.5 Å². The Balaban J connectivity index is 1.69. The van der Waals surface area contributed by atoms with Gasteiger partial charge in [0.25, 0.3) is 0 Å². The second-order valence-electron chi connectivity index (χ2n) is 7.41. The third-order valence-electron chi connectivity index (χ3n) is 5.26. The predicted molar refractivity (Wildman–Crippen MR) is 99.9 cm³/mol. The molecule has 1 heterocycles. The van der Waals surface area contributed by atoms with E-state index in [1.54, 1.807) is 0 Å². The normalized spacial score (nSPS) is 24.7. The van der Waals surface area contributed by atoms with Gasteiger partial charge in [0.05, 0.1) is 23.3 Å². The molecule has 3 heteroatoms. The van der Waals surface area contributed by atoms with Gasteiger partial charge in [-0.3, -0.25) is 0 Å². The molecule has 1 aromatic rings. The smallest absolute Gasteiger partial charge is 0.138 e. The minimum atomic E-state index is -0.0612. The molecule has 1 aliphatic carbocycles. The molecule has 132 valence electrons. The van der Waals surface area contributed by atoms with Crippen LogP contribution in [0, 0.1) is 5.92 Å². The van der Waals surface area contributed by atoms with E-state index in [1.165, 1.54) is 31.2 Å². The third-order valence-corrected chi connectivity index (χ3v) is 5.56. The lowest BCUT2D eigenvalue weighted by Crippen LogP contribution is -2.40. The fraction of sp³-hybridized carbons (Fsp3) is 0.619. The summed E-state index contributed by atoms with van der Waals surface area (Å²) in [6.07, 6.45) is 13.2. The number of ether oxygens (including phenoxy) is 2. The van der Waals surface area contributed by atoms with Gasteiger partial charge in [-0.05, 0) is 69.6 Å². The Morgan fingerprint density at radius 2 is 2.08 bits per heavy atom. The summed E-state index contributed by atoms with van der Waals surface area (Å²) in [5.74, 6) is 1.45. The summed E-state index contributed by atoms with van der Waals surface area (Å²) in [6.45, 7) is 4.89. The van der Waals surface area contributed by atoms with Gasteiger partial charge in [0, 0.05) is 0 Å². The van der Waals surface area contributed by atoms with Crippen molar-refractivity contribution >= 4 is 11.6 Å². The average Bonchev–Trinajstić information content (AvgIpc) is 3.11. The largest absolute Gasteiger partial charge is 0.489 e. The Hall–Kier alpha value is -0.990. The van der Waals surface area contributed by atoms with Gasteiger partial charge in [0.15, 0.2) is 0 Å². The summed E-state index contributed by atoms with van der Waals surface area (Å²) < 4.78 is 12.1. The minimum Gasteiger partial charge on any atom is -0.489 e. The van der Waals surface area contributed by atoms with E-state index < -0.39 is 0 Å². The maximum absolute atomic E-state index is 6.39. The second-order valence-corrected chi connectivity index (χ2v) is 7.81. The summed E-state index contributed by atoms with van der Waals surface area (Å²) in [6, 6.07) is 6.18. The number of rotatable bonds is 6. The summed E-state index contributed by atoms with van der Waals surface area (Å²) in [7, 11) is 0. The number of aryl methyl sites for hydroxylation is 1. The van der Waals surface area contributed by atoms with Crippen molar-refractivity contribution in [2.24, 2.45) is 5.92 Å². The fourth-order valence-electron chi connectivity index (χ4n) is 4.06. The molecule has 1 aliphatic heterocycles. The summed E-state index contributed by atoms with van der Waals surface area (Å²) in [4.78, 5) is 0. The van der Waals surface area contributed by atoms with Gasteiger partial charge in [-0.15, -0.1) is 0 Å². The first-order valence-corrected chi connectivity index (χ1v) is 9.73. The highest BCUT2D eigenvalue weighted by Gasteiger charge is 2.39. The lowest BCUT2D eigenvalue weighted by molar-refractivity contribution is -0.0600. The molecule has 0 spiro atoms. The van der Waals surface area contributed by atoms with Crippen LogP contribution in [0.4, 0.5) is 0 Å². The summed E-state index contributed by atoms with van der Waals surface area (Å²) >= 11 is 6.39. The molecule has 0 saturated heterocycles. The van der Waals surface area contributed by atoms with Crippen molar-refractivity contribution in [3.63, 3.8) is 0 Å². The maximum Gasteiger partial charge on any atom is 0.138 e. The first-order valence-electron chi connectivity index (χ1n) is 9.36. The van der Waals surface area contributed by atoms with Crippen LogP contribution in [0.5, 0.6) is 5.75 Å². The molecule has 0 amide bonds. The van der Waals surface area contributed by atoms with Gasteiger partial charge >= 0.3 is 0 Å². The van der Waals surface area contributed by atoms with Crippen LogP contribution in [0.15, 0.2) is 30.4 Å². The molecule has 0 bridgehead atoms. The van der Waals surface area contributed by atoms with Crippen molar-refractivity contribution in [2.75, 3.05) is 6.61 Å². The van der Waals surface area contributed by atoms with Gasteiger partial charge in [-0.25, -0.2) is 0 Å². The maximum atomic E-state index is 6.39. The first kappa shape index (κ1) is 17.8. The Bertz CT molecular complexity index is 575. The van der Waals surface area contributed by atoms with Gasteiger partial charge in [-0.1, -0.05) is 42.7 Å². The van der Waals surface area contributed by atoms with Crippen LogP contribution in [0.1, 0.15) is 57.9 Å². The van der Waals surface area contributed by atoms with Crippen LogP contribution in [-0.2, 0) is 11.2 Å². The van der Waals surface area contributed by atoms with Crippen LogP contribution in [0.25, 0.3) is 0 Å². The highest BCUT2D eigenvalue weighted by molar-refractivity contribution is 6.32. The highest BCUT2D eigenvalue weighted by Crippen LogP contribution is 2.42. The SMILES string of the molecule is CC(C)Oc1ccc(CCC2(C3CCCC3)C=CCCO2)cc1Cl. The van der Waals surface area contributed by atoms with Crippen LogP contribution in [0.2, 0.25) is 5.02 Å². The van der Waals surface area contributed by atoms with Crippen LogP contribution in [0.3, 0.4) is 0 Å². The lowest BCUT2D eigenvalue weighted by Gasteiger charge is -2.39. The third kappa shape index (κ3) is 4.15. The zero-order chi connectivity index (χ0) is 17.0. The second kappa shape index (κ2) is 7.93. The van der Waals surface area contributed by atoms with Crippen LogP contribution >= 0.6 is 11.6 Å². The van der Waals surface area contributed by atoms with Gasteiger partial charge in [0.2, 0.25) is 0 Å². The molecule has 1 atom stereocenters. The van der Waals surface area contributed by atoms with E-state index in [9.17, 15) is 0 Å². The molecular formula is C21H29ClO2. The molecule has 1 saturated carbocycles. The van der Waals surface area contributed by atoms with Crippen molar-refractivity contribution in [1.29, 1.82) is 0 Å². The van der Waals surface area contributed by atoms with E-state index >= 15 is 0 Å². The minimum absolute atomic E-state index is 0.0612. The van der Waals surface area contributed by atoms with E-state index in [2.05, 4.69) is 18.2 Å². The molecule has 3 rings (SSSR count). The number of hydrogen-bond donors (Lipinski definition) is 0. The predicted octanol–water partition coefficient (Wildman–Crippen LogP) is 5.97. The van der Waals surface area contributed by atoms with E-state index in [-0.39, 0.29) is 11.7 Å². The van der Waals surface area contributed by atoms with Crippen molar-refractivity contribution in [3.05, 3.63) is 40.9 Å². The Morgan fingerprint density at radius 1 is 1.29 bits per heavy atom. The lowest BCUT2D eigenvalue weighted by atomic mass is 9.80. The summed E-state index contributed by atoms with van der Waals surface area (Å²) in [5, 5.41) is 0.705. The zero-order valence-corrected chi connectivity index (χ0v) is 15.6. The zero-order valence-electron chi connectivity index (χ0n) is 14.9. The van der Waals surface area contributed by atoms with E-state index in [0.29, 0.717) is 10.9 Å². The molecule has 1 aromatic carbocycles. The quantitative estimate of drug-likeness (QED) is 0.590. The van der Waals surface area contributed by atoms with E-state index in [4.69, 9.17) is 21.1 Å². The van der Waals surface area contributed by atoms with Crippen LogP contribution < -0.4 is 4.74 Å². The molecular weight excluding hydrogens is 320 g/mol. The van der Waals surface area contributed by atoms with E-state index in [1.807, 2.05) is 26.0 Å². The Morgan fingerprint density at radius 3 is 2.71 bits per heavy atom. The van der Waals surface area contributed by atoms with Gasteiger partial charge in [0.1, 0.15) is 5.75 Å². The monoisotopic (exact) mass is 348 g/mol. The number of hydrogen-bond acceptors (Lipinski definition) is 2. The topological polar surface area (TPSA) is 18.5 Å². The molecule has 0 N–H and O–H groups in total. The molecule has 2 nitrogen and oxygen atoms in total. The molecule has 2 aliphatic rings. The number of halogens is 1. The standard InChI is InChI=1S/C21H29ClO2/c1-16(2)24-20-10-9-17(15-19(20)22)11-13-21(12-5-6-14-23-21)18-7-3-4-8-18/h5,9-10,12,15-16,18H,3-4,6-8,11,13-14H2,1-2H3. The average molecular weight is 349 g/mol. The fourth-order valence-corrected chi connectivity index (χ4v) is 4.31. The van der Waals surface area contributed by atoms with Crippen molar-refractivity contribution < 1.29 is 9.47 Å². The Labute approximate surface area is 151 Å². The van der Waals surface area contributed by atoms with Gasteiger partial charge < -0.3 is 9.47 Å². The molecule has 0 aromatic heterocycles. The van der Waals surface area contributed by atoms with E-state index in [0.717, 1.165) is 31.6 Å². The molecule has 1 unspecified atom stereocenters. The molecule has 0 radical (unpaired) electrons. The highest BCUT2D eigenvalue weighted by atomic mass is 35.5. The van der Waals surface area contributed by atoms with Crippen molar-refractivity contribution in [3.8, 4) is 5.75 Å². The Kier molecular flexibility index (Phi) is 5.89. The summed E-state index contributed by atoms with van der Waals surface area (Å²) in [5.41, 5.74) is 1.20. The first-order chi connectivity index (χ1) is 11.6. The molecule has 1 fully saturated rings. The van der Waals surface area contributed by atoms with Crippen molar-refractivity contribution in [1.82, 2.24) is 0 Å². The van der Waals surface area contributed by atoms with Crippen LogP contribution in [-0.4, -0.2) is 18.3 Å². The van der Waals surface area contributed by atoms with Gasteiger partial charge in [-0.2, -0.15) is 0 Å². The number of benzene rings is 1. The molecule has 24 heavy (non-hydrogen) atoms.